The van der Waals surface area contributed by atoms with Crippen LogP contribution in [-0.4, -0.2) is 20.0 Å². The van der Waals surface area contributed by atoms with Gasteiger partial charge >= 0.3 is 0 Å². The van der Waals surface area contributed by atoms with Crippen molar-refractivity contribution in [2.45, 2.75) is 0 Å². The van der Waals surface area contributed by atoms with E-state index < -0.39 is 0 Å². The van der Waals surface area contributed by atoms with Gasteiger partial charge in [-0.2, -0.15) is 0 Å². The molecule has 0 aliphatic heterocycles. The Morgan fingerprint density at radius 2 is 2.42 bits per heavy atom. The molecule has 0 radical (unpaired) electrons. The van der Waals surface area contributed by atoms with Crippen LogP contribution in [0, 0.1) is 0 Å². The summed E-state index contributed by atoms with van der Waals surface area (Å²) in [5, 5.41) is 7.29. The Kier molecular flexibility index (Phi) is 1.48. The molecule has 2 heterocycles. The minimum Gasteiger partial charge on any atom is -0.366 e. The number of hydrogen-bond donors (Lipinski definition) is 1. The number of aromatic amines is 1. The highest BCUT2D eigenvalue weighted by Crippen LogP contribution is 1.93. The Hall–Kier alpha value is -1.91. The van der Waals surface area contributed by atoms with E-state index in [2.05, 4.69) is 15.3 Å². The molecule has 2 rings (SSSR count). The molecule has 2 aromatic rings. The van der Waals surface area contributed by atoms with Gasteiger partial charge in [0.15, 0.2) is 0 Å². The van der Waals surface area contributed by atoms with Crippen molar-refractivity contribution in [2.75, 3.05) is 0 Å². The third kappa shape index (κ3) is 1.01. The number of pyridine rings is 1. The van der Waals surface area contributed by atoms with E-state index in [1.54, 1.807) is 18.6 Å². The van der Waals surface area contributed by atoms with Crippen LogP contribution in [0.4, 0.5) is 0 Å². The fraction of sp³-hybridized carbons (Fsp3) is 0. The normalized spacial score (nSPS) is 10.0. The largest absolute Gasteiger partial charge is 0.366 e. The van der Waals surface area contributed by atoms with E-state index in [0.29, 0.717) is 5.69 Å². The molecular weight excluding hydrogens is 156 g/mol. The highest BCUT2D eigenvalue weighted by Gasteiger charge is 1.99. The Morgan fingerprint density at radius 3 is 3.08 bits per heavy atom. The lowest BCUT2D eigenvalue weighted by Crippen LogP contribution is -2.10. The van der Waals surface area contributed by atoms with E-state index in [1.165, 1.54) is 16.9 Å². The average molecular weight is 162 g/mol. The van der Waals surface area contributed by atoms with Crippen molar-refractivity contribution in [3.8, 4) is 5.69 Å². The van der Waals surface area contributed by atoms with Crippen molar-refractivity contribution < 1.29 is 0 Å². The van der Waals surface area contributed by atoms with E-state index >= 15 is 0 Å². The minimum absolute atomic E-state index is 0.0840. The highest BCUT2D eigenvalue weighted by molar-refractivity contribution is 5.25. The van der Waals surface area contributed by atoms with Crippen LogP contribution in [0.1, 0.15) is 0 Å². The molecule has 0 amide bonds. The second-order valence-corrected chi connectivity index (χ2v) is 2.24. The van der Waals surface area contributed by atoms with Crippen molar-refractivity contribution in [1.29, 1.82) is 0 Å². The molecule has 0 saturated heterocycles. The predicted molar refractivity (Wildman–Crippen MR) is 42.0 cm³/mol. The van der Waals surface area contributed by atoms with Gasteiger partial charge in [0, 0.05) is 18.5 Å². The average Bonchev–Trinajstić information content (AvgIpc) is 2.57. The summed E-state index contributed by atoms with van der Waals surface area (Å²) in [6.07, 6.45) is 6.29. The minimum atomic E-state index is -0.0840. The number of nitrogens with zero attached hydrogens (tertiary/aromatic N) is 3. The fourth-order valence-corrected chi connectivity index (χ4v) is 0.923. The lowest BCUT2D eigenvalue weighted by atomic mass is 10.4. The summed E-state index contributed by atoms with van der Waals surface area (Å²) in [6, 6.07) is 1.44. The Bertz CT molecular complexity index is 417. The van der Waals surface area contributed by atoms with E-state index in [9.17, 15) is 4.79 Å². The second-order valence-electron chi connectivity index (χ2n) is 2.24. The zero-order chi connectivity index (χ0) is 8.39. The molecule has 0 saturated carbocycles. The molecule has 1 N–H and O–H groups in total. The number of H-pyrrole nitrogens is 1. The quantitative estimate of drug-likeness (QED) is 0.639. The first kappa shape index (κ1) is 6.78. The van der Waals surface area contributed by atoms with E-state index in [1.807, 2.05) is 0 Å². The summed E-state index contributed by atoms with van der Waals surface area (Å²) in [5.41, 5.74) is 0.384. The number of aromatic nitrogens is 4. The number of hydrogen-bond acceptors (Lipinski definition) is 3. The molecule has 0 unspecified atom stereocenters. The first-order valence-corrected chi connectivity index (χ1v) is 3.42. The first-order valence-electron chi connectivity index (χ1n) is 3.42. The molecule has 2 aromatic heterocycles. The lowest BCUT2D eigenvalue weighted by molar-refractivity contribution is 0.794. The zero-order valence-electron chi connectivity index (χ0n) is 6.14. The Labute approximate surface area is 67.7 Å². The van der Waals surface area contributed by atoms with Gasteiger partial charge in [-0.15, -0.1) is 5.10 Å². The second kappa shape index (κ2) is 2.61. The number of nitrogens with one attached hydrogen (secondary N) is 1. The van der Waals surface area contributed by atoms with Gasteiger partial charge in [0.2, 0.25) is 5.43 Å². The predicted octanol–water partition coefficient (Wildman–Crippen LogP) is -0.0444. The van der Waals surface area contributed by atoms with Gasteiger partial charge in [0.05, 0.1) is 12.4 Å². The molecule has 12 heavy (non-hydrogen) atoms. The zero-order valence-corrected chi connectivity index (χ0v) is 6.14. The van der Waals surface area contributed by atoms with Gasteiger partial charge in [0.1, 0.15) is 5.69 Å². The van der Waals surface area contributed by atoms with Crippen molar-refractivity contribution >= 4 is 0 Å². The molecule has 60 valence electrons. The van der Waals surface area contributed by atoms with Crippen LogP contribution in [0.25, 0.3) is 5.69 Å². The summed E-state index contributed by atoms with van der Waals surface area (Å²) in [4.78, 5) is 14.0. The molecule has 0 aliphatic rings. The van der Waals surface area contributed by atoms with Gasteiger partial charge in [-0.1, -0.05) is 5.21 Å². The molecule has 0 spiro atoms. The lowest BCUT2D eigenvalue weighted by Gasteiger charge is -1.95. The van der Waals surface area contributed by atoms with Gasteiger partial charge in [-0.3, -0.25) is 4.79 Å². The van der Waals surface area contributed by atoms with E-state index in [4.69, 9.17) is 0 Å². The molecule has 5 heteroatoms. The Balaban J connectivity index is 2.63. The molecule has 0 aliphatic carbocycles. The maximum atomic E-state index is 11.2. The van der Waals surface area contributed by atoms with Crippen molar-refractivity contribution in [3.05, 3.63) is 41.1 Å². The third-order valence-corrected chi connectivity index (χ3v) is 1.47. The molecule has 0 fully saturated rings. The van der Waals surface area contributed by atoms with E-state index in [-0.39, 0.29) is 5.43 Å². The maximum Gasteiger partial charge on any atom is 0.207 e. The summed E-state index contributed by atoms with van der Waals surface area (Å²) in [5.74, 6) is 0. The van der Waals surface area contributed by atoms with Crippen LogP contribution < -0.4 is 5.43 Å². The molecule has 0 bridgehead atoms. The summed E-state index contributed by atoms with van der Waals surface area (Å²) in [6.45, 7) is 0. The van der Waals surface area contributed by atoms with Gasteiger partial charge in [0.25, 0.3) is 0 Å². The van der Waals surface area contributed by atoms with Crippen molar-refractivity contribution in [1.82, 2.24) is 20.0 Å². The smallest absolute Gasteiger partial charge is 0.207 e. The van der Waals surface area contributed by atoms with Crippen molar-refractivity contribution in [3.63, 3.8) is 0 Å². The molecule has 0 atom stereocenters. The molecule has 0 aromatic carbocycles. The van der Waals surface area contributed by atoms with Crippen LogP contribution >= 0.6 is 0 Å². The van der Waals surface area contributed by atoms with Gasteiger partial charge in [-0.05, 0) is 0 Å². The van der Waals surface area contributed by atoms with Crippen LogP contribution in [0.15, 0.2) is 35.6 Å². The van der Waals surface area contributed by atoms with Crippen molar-refractivity contribution in [2.24, 2.45) is 0 Å². The molecule has 5 nitrogen and oxygen atoms in total. The standard InChI is InChI=1S/C7H6N4O/c12-7-1-2-8-5-6(7)11-4-3-9-10-11/h1-5H,(H,8,12). The fourth-order valence-electron chi connectivity index (χ4n) is 0.923. The van der Waals surface area contributed by atoms with Crippen LogP contribution in [0.5, 0.6) is 0 Å². The third-order valence-electron chi connectivity index (χ3n) is 1.47. The maximum absolute atomic E-state index is 11.2. The topological polar surface area (TPSA) is 63.6 Å². The van der Waals surface area contributed by atoms with Crippen LogP contribution in [-0.2, 0) is 0 Å². The SMILES string of the molecule is O=c1cc[nH]cc1-n1ccnn1. The van der Waals surface area contributed by atoms with Crippen LogP contribution in [0.2, 0.25) is 0 Å². The summed E-state index contributed by atoms with van der Waals surface area (Å²) >= 11 is 0. The molecular formula is C7H6N4O. The monoisotopic (exact) mass is 162 g/mol. The first-order chi connectivity index (χ1) is 5.88. The summed E-state index contributed by atoms with van der Waals surface area (Å²) < 4.78 is 1.42. The van der Waals surface area contributed by atoms with Gasteiger partial charge in [-0.25, -0.2) is 4.68 Å². The highest BCUT2D eigenvalue weighted by atomic mass is 16.1. The van der Waals surface area contributed by atoms with Gasteiger partial charge < -0.3 is 4.98 Å². The summed E-state index contributed by atoms with van der Waals surface area (Å²) in [7, 11) is 0. The Morgan fingerprint density at radius 1 is 1.50 bits per heavy atom. The van der Waals surface area contributed by atoms with E-state index in [0.717, 1.165) is 0 Å². The van der Waals surface area contributed by atoms with Crippen LogP contribution in [0.3, 0.4) is 0 Å². The number of rotatable bonds is 1.